The van der Waals surface area contributed by atoms with Crippen molar-refractivity contribution in [3.8, 4) is 5.75 Å². The molecule has 0 unspecified atom stereocenters. The van der Waals surface area contributed by atoms with Crippen molar-refractivity contribution in [2.45, 2.75) is 83.8 Å². The molecule has 1 saturated carbocycles. The number of phenolic OH excluding ortho intramolecular Hbond substituents is 1. The van der Waals surface area contributed by atoms with Crippen LogP contribution in [0.25, 0.3) is 0 Å². The first-order valence-electron chi connectivity index (χ1n) is 8.74. The van der Waals surface area contributed by atoms with E-state index in [1.807, 2.05) is 12.1 Å². The topological polar surface area (TPSA) is 66.5 Å². The van der Waals surface area contributed by atoms with E-state index in [4.69, 9.17) is 5.73 Å². The largest absolute Gasteiger partial charge is 0.507 e. The van der Waals surface area contributed by atoms with Crippen LogP contribution in [0.3, 0.4) is 0 Å². The van der Waals surface area contributed by atoms with Gasteiger partial charge in [0.15, 0.2) is 0 Å². The van der Waals surface area contributed by atoms with Gasteiger partial charge in [0.1, 0.15) is 5.75 Å². The van der Waals surface area contributed by atoms with Gasteiger partial charge in [0.25, 0.3) is 0 Å². The maximum absolute atomic E-state index is 10.8. The van der Waals surface area contributed by atoms with Gasteiger partial charge in [-0.2, -0.15) is 0 Å². The van der Waals surface area contributed by atoms with Gasteiger partial charge in [-0.1, -0.05) is 48.0 Å². The third-order valence-corrected chi connectivity index (χ3v) is 5.13. The summed E-state index contributed by atoms with van der Waals surface area (Å²) in [6.45, 7) is 12.5. The van der Waals surface area contributed by atoms with E-state index >= 15 is 0 Å². The Labute approximate surface area is 140 Å². The Morgan fingerprint density at radius 1 is 1.00 bits per heavy atom. The normalized spacial score (nSPS) is 19.3. The van der Waals surface area contributed by atoms with Gasteiger partial charge in [-0.05, 0) is 58.4 Å². The lowest BCUT2D eigenvalue weighted by atomic mass is 9.74. The van der Waals surface area contributed by atoms with Crippen molar-refractivity contribution in [3.05, 3.63) is 28.8 Å². The van der Waals surface area contributed by atoms with Gasteiger partial charge < -0.3 is 15.9 Å². The van der Waals surface area contributed by atoms with Crippen molar-refractivity contribution in [3.63, 3.8) is 0 Å². The molecule has 0 radical (unpaired) electrons. The maximum Gasteiger partial charge on any atom is 0.123 e. The first-order chi connectivity index (χ1) is 10.4. The minimum atomic E-state index is -0.506. The lowest BCUT2D eigenvalue weighted by Crippen LogP contribution is -2.36. The number of nitrogens with two attached hydrogens (primary N) is 1. The molecule has 4 N–H and O–H groups in total. The maximum atomic E-state index is 10.8. The molecule has 0 aliphatic heterocycles. The van der Waals surface area contributed by atoms with Crippen molar-refractivity contribution >= 4 is 0 Å². The van der Waals surface area contributed by atoms with Gasteiger partial charge >= 0.3 is 0 Å². The molecule has 1 aromatic rings. The third-order valence-electron chi connectivity index (χ3n) is 5.13. The molecule has 3 heteroatoms. The number of phenols is 1. The summed E-state index contributed by atoms with van der Waals surface area (Å²) in [7, 11) is 0. The summed E-state index contributed by atoms with van der Waals surface area (Å²) in [6, 6.07) is 3.57. The second-order valence-electron chi connectivity index (χ2n) is 9.17. The standard InChI is InChI=1S/C20H33NO2/c1-19(2,3)14-10-13(11-15(18(14)23)20(4,5)6)16(21)17(22)12-8-7-9-12/h10-12,16-17,22-23H,7-9,21H2,1-6H3/t16-,17+/m1/s1. The van der Waals surface area contributed by atoms with E-state index < -0.39 is 12.1 Å². The highest BCUT2D eigenvalue weighted by Gasteiger charge is 2.33. The van der Waals surface area contributed by atoms with Gasteiger partial charge in [-0.25, -0.2) is 0 Å². The van der Waals surface area contributed by atoms with Crippen LogP contribution in [-0.2, 0) is 10.8 Å². The van der Waals surface area contributed by atoms with E-state index in [0.717, 1.165) is 29.5 Å². The zero-order valence-corrected chi connectivity index (χ0v) is 15.5. The van der Waals surface area contributed by atoms with E-state index in [1.165, 1.54) is 6.42 Å². The zero-order chi connectivity index (χ0) is 17.6. The van der Waals surface area contributed by atoms with E-state index in [9.17, 15) is 10.2 Å². The molecule has 23 heavy (non-hydrogen) atoms. The first-order valence-corrected chi connectivity index (χ1v) is 8.74. The first kappa shape index (κ1) is 18.3. The highest BCUT2D eigenvalue weighted by atomic mass is 16.3. The number of aliphatic hydroxyl groups excluding tert-OH is 1. The Kier molecular flexibility index (Phi) is 4.85. The number of aliphatic hydroxyl groups is 1. The Morgan fingerprint density at radius 3 is 1.74 bits per heavy atom. The fourth-order valence-electron chi connectivity index (χ4n) is 3.26. The second-order valence-corrected chi connectivity index (χ2v) is 9.17. The molecule has 0 amide bonds. The average Bonchev–Trinajstić information content (AvgIpc) is 2.33. The summed E-state index contributed by atoms with van der Waals surface area (Å²) in [6.07, 6.45) is 2.80. The third kappa shape index (κ3) is 3.72. The molecule has 1 fully saturated rings. The quantitative estimate of drug-likeness (QED) is 0.784. The van der Waals surface area contributed by atoms with Crippen LogP contribution in [-0.4, -0.2) is 16.3 Å². The Morgan fingerprint density at radius 2 is 1.43 bits per heavy atom. The van der Waals surface area contributed by atoms with E-state index in [-0.39, 0.29) is 10.8 Å². The van der Waals surface area contributed by atoms with Gasteiger partial charge in [-0.3, -0.25) is 0 Å². The Hall–Kier alpha value is -1.06. The summed E-state index contributed by atoms with van der Waals surface area (Å²) in [5, 5.41) is 21.3. The lowest BCUT2D eigenvalue weighted by molar-refractivity contribution is 0.0413. The molecule has 3 nitrogen and oxygen atoms in total. The summed E-state index contributed by atoms with van der Waals surface area (Å²) in [4.78, 5) is 0. The molecule has 1 aliphatic carbocycles. The molecule has 0 saturated heterocycles. The van der Waals surface area contributed by atoms with Crippen molar-refractivity contribution in [1.29, 1.82) is 0 Å². The van der Waals surface area contributed by atoms with Crippen molar-refractivity contribution < 1.29 is 10.2 Å². The fraction of sp³-hybridized carbons (Fsp3) is 0.700. The molecular formula is C20H33NO2. The molecule has 1 aliphatic rings. The van der Waals surface area contributed by atoms with Crippen LogP contribution in [0, 0.1) is 5.92 Å². The van der Waals surface area contributed by atoms with Crippen LogP contribution in [0.15, 0.2) is 12.1 Å². The molecule has 0 bridgehead atoms. The highest BCUT2D eigenvalue weighted by Crippen LogP contribution is 2.42. The highest BCUT2D eigenvalue weighted by molar-refractivity contribution is 5.50. The molecule has 2 rings (SSSR count). The van der Waals surface area contributed by atoms with Gasteiger partial charge in [0, 0.05) is 0 Å². The SMILES string of the molecule is CC(C)(C)c1cc([C@@H](N)[C@@H](O)C2CCC2)cc(C(C)(C)C)c1O. The van der Waals surface area contributed by atoms with Crippen molar-refractivity contribution in [1.82, 2.24) is 0 Å². The monoisotopic (exact) mass is 319 g/mol. The zero-order valence-electron chi connectivity index (χ0n) is 15.5. The van der Waals surface area contributed by atoms with Crippen LogP contribution in [0.5, 0.6) is 5.75 Å². The number of hydrogen-bond donors (Lipinski definition) is 3. The number of aromatic hydroxyl groups is 1. The summed E-state index contributed by atoms with van der Waals surface area (Å²) in [5.41, 5.74) is 8.76. The van der Waals surface area contributed by atoms with Gasteiger partial charge in [0.05, 0.1) is 12.1 Å². The summed E-state index contributed by atoms with van der Waals surface area (Å²) < 4.78 is 0. The second kappa shape index (κ2) is 6.10. The molecule has 1 aromatic carbocycles. The molecule has 2 atom stereocenters. The summed E-state index contributed by atoms with van der Waals surface area (Å²) >= 11 is 0. The van der Waals surface area contributed by atoms with Crippen LogP contribution >= 0.6 is 0 Å². The van der Waals surface area contributed by atoms with Crippen LogP contribution in [0.2, 0.25) is 0 Å². The predicted octanol–water partition coefficient (Wildman–Crippen LogP) is 4.15. The molecule has 0 aromatic heterocycles. The number of rotatable bonds is 3. The average molecular weight is 319 g/mol. The van der Waals surface area contributed by atoms with E-state index in [0.29, 0.717) is 11.7 Å². The fourth-order valence-corrected chi connectivity index (χ4v) is 3.26. The Balaban J connectivity index is 2.51. The molecular weight excluding hydrogens is 286 g/mol. The molecule has 0 heterocycles. The van der Waals surface area contributed by atoms with Crippen LogP contribution in [0.1, 0.15) is 83.5 Å². The van der Waals surface area contributed by atoms with E-state index in [2.05, 4.69) is 41.5 Å². The van der Waals surface area contributed by atoms with E-state index in [1.54, 1.807) is 0 Å². The van der Waals surface area contributed by atoms with Gasteiger partial charge in [-0.15, -0.1) is 0 Å². The minimum absolute atomic E-state index is 0.179. The number of benzene rings is 1. The lowest BCUT2D eigenvalue weighted by Gasteiger charge is -2.35. The smallest absolute Gasteiger partial charge is 0.123 e. The van der Waals surface area contributed by atoms with Crippen molar-refractivity contribution in [2.24, 2.45) is 11.7 Å². The minimum Gasteiger partial charge on any atom is -0.507 e. The van der Waals surface area contributed by atoms with Gasteiger partial charge in [0.2, 0.25) is 0 Å². The molecule has 130 valence electrons. The Bertz CT molecular complexity index is 527. The number of hydrogen-bond acceptors (Lipinski definition) is 3. The molecule has 0 spiro atoms. The van der Waals surface area contributed by atoms with Crippen LogP contribution in [0.4, 0.5) is 0 Å². The van der Waals surface area contributed by atoms with Crippen LogP contribution < -0.4 is 5.73 Å². The van der Waals surface area contributed by atoms with Crippen molar-refractivity contribution in [2.75, 3.05) is 0 Å². The summed E-state index contributed by atoms with van der Waals surface area (Å²) in [5.74, 6) is 0.675. The predicted molar refractivity (Wildman–Crippen MR) is 95.8 cm³/mol.